The highest BCUT2D eigenvalue weighted by Crippen LogP contribution is 2.29. The second-order valence-corrected chi connectivity index (χ2v) is 9.14. The van der Waals surface area contributed by atoms with Crippen LogP contribution in [0.3, 0.4) is 0 Å². The summed E-state index contributed by atoms with van der Waals surface area (Å²) in [5, 5.41) is 21.1. The summed E-state index contributed by atoms with van der Waals surface area (Å²) in [5.74, 6) is -0.355. The van der Waals surface area contributed by atoms with Crippen LogP contribution in [0.5, 0.6) is 17.2 Å². The van der Waals surface area contributed by atoms with Gasteiger partial charge in [-0.05, 0) is 71.6 Å². The van der Waals surface area contributed by atoms with Crippen LogP contribution in [0.15, 0.2) is 66.7 Å². The third-order valence-corrected chi connectivity index (χ3v) is 6.45. The highest BCUT2D eigenvalue weighted by atomic mass is 35.5. The number of nitrogens with zero attached hydrogens (tertiary/aromatic N) is 1. The molecule has 1 aliphatic rings. The van der Waals surface area contributed by atoms with Gasteiger partial charge in [0.25, 0.3) is 5.91 Å². The summed E-state index contributed by atoms with van der Waals surface area (Å²) in [5.41, 5.74) is 10.7. The third-order valence-electron chi connectivity index (χ3n) is 6.45. The van der Waals surface area contributed by atoms with Crippen molar-refractivity contribution in [3.63, 3.8) is 0 Å². The summed E-state index contributed by atoms with van der Waals surface area (Å²) in [6, 6.07) is 16.7. The maximum atomic E-state index is 13.6. The molecule has 0 fully saturated rings. The summed E-state index contributed by atoms with van der Waals surface area (Å²) in [6.45, 7) is -0.288. The maximum Gasteiger partial charge on any atom is 0.281 e. The lowest BCUT2D eigenvalue weighted by Gasteiger charge is -2.37. The van der Waals surface area contributed by atoms with E-state index >= 15 is 0 Å². The smallest absolute Gasteiger partial charge is 0.281 e. The van der Waals surface area contributed by atoms with Gasteiger partial charge < -0.3 is 30.5 Å². The molecule has 3 aromatic carbocycles. The topological polar surface area (TPSA) is 163 Å². The van der Waals surface area contributed by atoms with E-state index in [1.807, 2.05) is 0 Å². The Balaban J connectivity index is 0.00000441. The van der Waals surface area contributed by atoms with Crippen molar-refractivity contribution in [3.05, 3.63) is 83.4 Å². The first-order chi connectivity index (χ1) is 18.8. The normalized spacial score (nSPS) is 14.7. The van der Waals surface area contributed by atoms with Gasteiger partial charge in [0, 0.05) is 18.7 Å². The van der Waals surface area contributed by atoms with Crippen LogP contribution >= 0.6 is 12.4 Å². The highest BCUT2D eigenvalue weighted by Gasteiger charge is 2.37. The van der Waals surface area contributed by atoms with E-state index in [0.29, 0.717) is 17.2 Å². The van der Waals surface area contributed by atoms with Crippen LogP contribution in [0.1, 0.15) is 16.7 Å². The zero-order chi connectivity index (χ0) is 27.9. The van der Waals surface area contributed by atoms with E-state index in [9.17, 15) is 19.5 Å². The number of anilines is 1. The van der Waals surface area contributed by atoms with Crippen molar-refractivity contribution in [1.29, 1.82) is 0 Å². The Bertz CT molecular complexity index is 1340. The summed E-state index contributed by atoms with van der Waals surface area (Å²) in [4.78, 5) is 39.9. The number of phenols is 1. The molecule has 6 N–H and O–H groups in total. The molecule has 0 saturated carbocycles. The van der Waals surface area contributed by atoms with Gasteiger partial charge in [-0.2, -0.15) is 0 Å². The van der Waals surface area contributed by atoms with Crippen LogP contribution in [-0.4, -0.2) is 58.7 Å². The molecule has 0 radical (unpaired) electrons. The number of hydrogen-bond acceptors (Lipinski definition) is 8. The average Bonchev–Trinajstić information content (AvgIpc) is 2.96. The number of carbonyl (C=O) groups is 3. The van der Waals surface area contributed by atoms with Crippen molar-refractivity contribution in [3.8, 4) is 17.2 Å². The molecule has 1 aliphatic heterocycles. The number of fused-ring (bicyclic) bond motifs is 1. The molecule has 0 saturated heterocycles. The van der Waals surface area contributed by atoms with E-state index in [1.165, 1.54) is 22.5 Å². The lowest BCUT2D eigenvalue weighted by atomic mass is 9.92. The molecule has 40 heavy (non-hydrogen) atoms. The van der Waals surface area contributed by atoms with Gasteiger partial charge in [0.1, 0.15) is 23.3 Å². The Hall–Kier alpha value is -4.32. The van der Waals surface area contributed by atoms with Gasteiger partial charge in [-0.1, -0.05) is 18.2 Å². The number of hydroxylamine groups is 1. The molecule has 11 nitrogen and oxygen atoms in total. The predicted molar refractivity (Wildman–Crippen MR) is 149 cm³/mol. The van der Waals surface area contributed by atoms with Crippen LogP contribution in [0, 0.1) is 0 Å². The molecule has 3 aromatic rings. The summed E-state index contributed by atoms with van der Waals surface area (Å²) < 4.78 is 10.6. The minimum atomic E-state index is -0.930. The minimum absolute atomic E-state index is 0. The number of hydrogen-bond donors (Lipinski definition) is 5. The second kappa shape index (κ2) is 13.7. The predicted octanol–water partition coefficient (Wildman–Crippen LogP) is 2.17. The Kier molecular flexibility index (Phi) is 10.3. The number of benzene rings is 3. The van der Waals surface area contributed by atoms with Crippen LogP contribution in [0.2, 0.25) is 0 Å². The van der Waals surface area contributed by atoms with E-state index in [4.69, 9.17) is 20.4 Å². The fraction of sp³-hybridized carbons (Fsp3) is 0.250. The molecular weight excluding hydrogens is 540 g/mol. The number of amides is 3. The number of ether oxygens (including phenoxy) is 2. The summed E-state index contributed by atoms with van der Waals surface area (Å²) >= 11 is 0. The number of methoxy groups -OCH3 is 1. The van der Waals surface area contributed by atoms with Gasteiger partial charge in [-0.25, -0.2) is 5.48 Å². The second-order valence-electron chi connectivity index (χ2n) is 9.14. The van der Waals surface area contributed by atoms with Crippen molar-refractivity contribution in [2.24, 2.45) is 5.73 Å². The van der Waals surface area contributed by atoms with Crippen LogP contribution in [0.4, 0.5) is 5.69 Å². The molecule has 0 spiro atoms. The number of carbonyl (C=O) groups excluding carboxylic acids is 3. The molecule has 0 unspecified atom stereocenters. The SMILES string of the molecule is COc1ccc(NC(=O)[C@@H]2Cc3ccc(OCC(=O)NO)cc3CN2C(=O)[C@@H](N)Cc2ccc(O)cc2)cc1.Cl. The quantitative estimate of drug-likeness (QED) is 0.193. The average molecular weight is 571 g/mol. The number of aromatic hydroxyl groups is 1. The molecule has 3 amide bonds. The number of nitrogens with one attached hydrogen (secondary N) is 2. The van der Waals surface area contributed by atoms with Crippen LogP contribution in [-0.2, 0) is 33.8 Å². The Morgan fingerprint density at radius 2 is 1.70 bits per heavy atom. The lowest BCUT2D eigenvalue weighted by molar-refractivity contribution is -0.141. The molecule has 0 bridgehead atoms. The molecule has 212 valence electrons. The standard InChI is InChI=1S/C28H30N4O7.ClH/c1-38-22-10-5-20(6-11-22)30-27(35)25-14-18-4-9-23(39-16-26(34)31-37)13-19(18)15-32(25)28(36)24(29)12-17-2-7-21(33)8-3-17;/h2-11,13,24-25,33,37H,12,14-16,29H2,1H3,(H,30,35)(H,31,34);1H/t24-,25-;/m0./s1. The minimum Gasteiger partial charge on any atom is -0.508 e. The van der Waals surface area contributed by atoms with Crippen molar-refractivity contribution in [2.75, 3.05) is 19.0 Å². The molecule has 1 heterocycles. The first kappa shape index (κ1) is 30.2. The van der Waals surface area contributed by atoms with Gasteiger partial charge in [-0.3, -0.25) is 19.6 Å². The Morgan fingerprint density at radius 3 is 2.35 bits per heavy atom. The third kappa shape index (κ3) is 7.41. The molecule has 2 atom stereocenters. The zero-order valence-corrected chi connectivity index (χ0v) is 22.5. The molecule has 4 rings (SSSR count). The fourth-order valence-electron chi connectivity index (χ4n) is 4.38. The summed E-state index contributed by atoms with van der Waals surface area (Å²) in [7, 11) is 1.55. The van der Waals surface area contributed by atoms with Gasteiger partial charge in [0.05, 0.1) is 13.2 Å². The molecule has 0 aliphatic carbocycles. The van der Waals surface area contributed by atoms with E-state index in [2.05, 4.69) is 5.32 Å². The first-order valence-electron chi connectivity index (χ1n) is 12.2. The lowest BCUT2D eigenvalue weighted by Crippen LogP contribution is -2.55. The van der Waals surface area contributed by atoms with Crippen molar-refractivity contribution >= 4 is 35.8 Å². The Labute approximate surface area is 237 Å². The van der Waals surface area contributed by atoms with E-state index < -0.39 is 23.9 Å². The van der Waals surface area contributed by atoms with Gasteiger partial charge in [-0.15, -0.1) is 12.4 Å². The number of nitrogens with two attached hydrogens (primary N) is 1. The largest absolute Gasteiger partial charge is 0.508 e. The Morgan fingerprint density at radius 1 is 1.02 bits per heavy atom. The van der Waals surface area contributed by atoms with Gasteiger partial charge in [0.2, 0.25) is 11.8 Å². The summed E-state index contributed by atoms with van der Waals surface area (Å²) in [6.07, 6.45) is 0.459. The fourth-order valence-corrected chi connectivity index (χ4v) is 4.38. The van der Waals surface area contributed by atoms with Gasteiger partial charge in [0.15, 0.2) is 6.61 Å². The zero-order valence-electron chi connectivity index (χ0n) is 21.7. The van der Waals surface area contributed by atoms with Crippen molar-refractivity contribution in [1.82, 2.24) is 10.4 Å². The maximum absolute atomic E-state index is 13.6. The molecule has 12 heteroatoms. The number of rotatable bonds is 9. The first-order valence-corrected chi connectivity index (χ1v) is 12.2. The number of phenolic OH excluding ortho intramolecular Hbond substituents is 1. The highest BCUT2D eigenvalue weighted by molar-refractivity contribution is 5.98. The molecular formula is C28H31ClN4O7. The van der Waals surface area contributed by atoms with Crippen molar-refractivity contribution in [2.45, 2.75) is 31.5 Å². The van der Waals surface area contributed by atoms with Crippen LogP contribution in [0.25, 0.3) is 0 Å². The van der Waals surface area contributed by atoms with Crippen molar-refractivity contribution < 1.29 is 34.2 Å². The van der Waals surface area contributed by atoms with Crippen LogP contribution < -0.4 is 26.0 Å². The van der Waals surface area contributed by atoms with Gasteiger partial charge >= 0.3 is 0 Å². The van der Waals surface area contributed by atoms with E-state index in [-0.39, 0.29) is 50.1 Å². The van der Waals surface area contributed by atoms with E-state index in [1.54, 1.807) is 61.7 Å². The molecule has 0 aromatic heterocycles. The number of halogens is 1. The monoisotopic (exact) mass is 570 g/mol. The van der Waals surface area contributed by atoms with E-state index in [0.717, 1.165) is 16.7 Å².